The number of aliphatic hydroxyl groups excluding tert-OH is 1. The van der Waals surface area contributed by atoms with E-state index in [-0.39, 0.29) is 42.1 Å². The summed E-state index contributed by atoms with van der Waals surface area (Å²) in [5.74, 6) is -0.0777. The van der Waals surface area contributed by atoms with Crippen molar-refractivity contribution in [2.45, 2.75) is 51.2 Å². The molecule has 1 N–H and O–H groups in total. The van der Waals surface area contributed by atoms with E-state index in [9.17, 15) is 14.7 Å². The molecule has 4 rings (SSSR count). The highest BCUT2D eigenvalue weighted by Gasteiger charge is 2.56. The molecule has 0 unspecified atom stereocenters. The minimum absolute atomic E-state index is 0.0146. The number of aryl methyl sites for hydroxylation is 1. The highest BCUT2D eigenvalue weighted by atomic mass is 16.3. The molecular weight excluding hydrogens is 342 g/mol. The Kier molecular flexibility index (Phi) is 4.60. The van der Waals surface area contributed by atoms with Crippen molar-refractivity contribution in [2.75, 3.05) is 6.61 Å². The largest absolute Gasteiger partial charge is 0.396 e. The zero-order valence-corrected chi connectivity index (χ0v) is 15.5. The normalized spacial score (nSPS) is 26.5. The molecule has 0 aliphatic carbocycles. The number of aliphatic hydroxyl groups is 1. The highest BCUT2D eigenvalue weighted by Crippen LogP contribution is 2.51. The van der Waals surface area contributed by atoms with Crippen molar-refractivity contribution in [1.29, 1.82) is 0 Å². The molecule has 6 nitrogen and oxygen atoms in total. The van der Waals surface area contributed by atoms with Crippen molar-refractivity contribution in [3.63, 3.8) is 0 Å². The Morgan fingerprint density at radius 3 is 2.74 bits per heavy atom. The molecule has 2 aliphatic rings. The molecule has 2 aromatic rings. The van der Waals surface area contributed by atoms with Crippen LogP contribution >= 0.6 is 0 Å². The smallest absolute Gasteiger partial charge is 0.267 e. The maximum absolute atomic E-state index is 13.0. The summed E-state index contributed by atoms with van der Waals surface area (Å²) in [6.45, 7) is 1.83. The van der Waals surface area contributed by atoms with E-state index in [1.54, 1.807) is 13.0 Å². The Hall–Kier alpha value is -2.47. The fraction of sp³-hybridized carbons (Fsp3) is 0.476. The maximum Gasteiger partial charge on any atom is 0.267 e. The van der Waals surface area contributed by atoms with E-state index in [0.29, 0.717) is 5.69 Å². The van der Waals surface area contributed by atoms with E-state index < -0.39 is 0 Å². The van der Waals surface area contributed by atoms with Gasteiger partial charge in [0.25, 0.3) is 5.56 Å². The van der Waals surface area contributed by atoms with Gasteiger partial charge in [-0.1, -0.05) is 30.3 Å². The van der Waals surface area contributed by atoms with Gasteiger partial charge in [0, 0.05) is 23.6 Å². The van der Waals surface area contributed by atoms with Gasteiger partial charge >= 0.3 is 0 Å². The predicted octanol–water partition coefficient (Wildman–Crippen LogP) is 1.54. The van der Waals surface area contributed by atoms with Crippen LogP contribution in [-0.2, 0) is 17.8 Å². The van der Waals surface area contributed by atoms with Gasteiger partial charge in [0.1, 0.15) is 6.54 Å². The number of carbonyl (C=O) groups excluding carboxylic acids is 1. The first kappa shape index (κ1) is 17.9. The molecular formula is C21H25N3O3. The fourth-order valence-electron chi connectivity index (χ4n) is 4.96. The summed E-state index contributed by atoms with van der Waals surface area (Å²) >= 11 is 0. The summed E-state index contributed by atoms with van der Waals surface area (Å²) in [6.07, 6.45) is 3.44. The molecule has 0 radical (unpaired) electrons. The van der Waals surface area contributed by atoms with Crippen molar-refractivity contribution in [2.24, 2.45) is 5.41 Å². The van der Waals surface area contributed by atoms with E-state index in [2.05, 4.69) is 17.2 Å². The predicted molar refractivity (Wildman–Crippen MR) is 101 cm³/mol. The van der Waals surface area contributed by atoms with Crippen LogP contribution in [0, 0.1) is 12.3 Å². The second-order valence-corrected chi connectivity index (χ2v) is 7.91. The first-order chi connectivity index (χ1) is 13.0. The van der Waals surface area contributed by atoms with Gasteiger partial charge < -0.3 is 10.0 Å². The zero-order valence-electron chi connectivity index (χ0n) is 15.5. The molecule has 0 saturated carbocycles. The number of benzene rings is 1. The molecule has 2 aliphatic heterocycles. The quantitative estimate of drug-likeness (QED) is 0.870. The van der Waals surface area contributed by atoms with Gasteiger partial charge in [-0.3, -0.25) is 9.59 Å². The molecule has 2 fully saturated rings. The lowest BCUT2D eigenvalue weighted by atomic mass is 9.70. The van der Waals surface area contributed by atoms with Crippen LogP contribution < -0.4 is 5.56 Å². The zero-order chi connectivity index (χ0) is 19.0. The van der Waals surface area contributed by atoms with Crippen LogP contribution in [0.1, 0.15) is 30.5 Å². The molecule has 2 bridgehead atoms. The lowest BCUT2D eigenvalue weighted by Gasteiger charge is -2.36. The van der Waals surface area contributed by atoms with Crippen molar-refractivity contribution in [1.82, 2.24) is 14.7 Å². The van der Waals surface area contributed by atoms with Crippen LogP contribution in [0.3, 0.4) is 0 Å². The van der Waals surface area contributed by atoms with Gasteiger partial charge in [0.2, 0.25) is 5.91 Å². The number of rotatable bonds is 5. The van der Waals surface area contributed by atoms with Gasteiger partial charge in [0.05, 0.1) is 12.3 Å². The molecule has 142 valence electrons. The van der Waals surface area contributed by atoms with Gasteiger partial charge in [-0.2, -0.15) is 5.10 Å². The van der Waals surface area contributed by atoms with Crippen molar-refractivity contribution in [3.8, 4) is 0 Å². The number of carbonyl (C=O) groups is 1. The minimum Gasteiger partial charge on any atom is -0.396 e. The summed E-state index contributed by atoms with van der Waals surface area (Å²) in [5, 5.41) is 14.5. The average molecular weight is 367 g/mol. The number of fused-ring (bicyclic) bond motifs is 2. The maximum atomic E-state index is 13.0. The lowest BCUT2D eigenvalue weighted by Crippen LogP contribution is -2.45. The molecule has 3 heterocycles. The van der Waals surface area contributed by atoms with Crippen molar-refractivity contribution in [3.05, 3.63) is 64.1 Å². The van der Waals surface area contributed by atoms with Crippen molar-refractivity contribution < 1.29 is 9.90 Å². The Labute approximate surface area is 158 Å². The number of aromatic nitrogens is 2. The third kappa shape index (κ3) is 3.18. The van der Waals surface area contributed by atoms with Gasteiger partial charge in [0.15, 0.2) is 0 Å². The van der Waals surface area contributed by atoms with E-state index in [1.807, 2.05) is 23.1 Å². The van der Waals surface area contributed by atoms with E-state index >= 15 is 0 Å². The summed E-state index contributed by atoms with van der Waals surface area (Å²) in [5.41, 5.74) is 1.33. The fourth-order valence-corrected chi connectivity index (χ4v) is 4.96. The second kappa shape index (κ2) is 6.93. The van der Waals surface area contributed by atoms with Crippen LogP contribution in [0.25, 0.3) is 0 Å². The summed E-state index contributed by atoms with van der Waals surface area (Å²) in [7, 11) is 0. The average Bonchev–Trinajstić information content (AvgIpc) is 3.22. The van der Waals surface area contributed by atoms with E-state index in [0.717, 1.165) is 25.7 Å². The Bertz CT molecular complexity index is 895. The molecule has 6 heteroatoms. The first-order valence-electron chi connectivity index (χ1n) is 9.53. The third-order valence-corrected chi connectivity index (χ3v) is 6.14. The molecule has 1 aromatic heterocycles. The number of hydrogen-bond acceptors (Lipinski definition) is 4. The molecule has 1 amide bonds. The summed E-state index contributed by atoms with van der Waals surface area (Å²) < 4.78 is 1.24. The monoisotopic (exact) mass is 367 g/mol. The van der Waals surface area contributed by atoms with E-state index in [4.69, 9.17) is 0 Å². The number of nitrogens with zero attached hydrogens (tertiary/aromatic N) is 3. The highest BCUT2D eigenvalue weighted by molar-refractivity contribution is 5.77. The van der Waals surface area contributed by atoms with Crippen LogP contribution in [0.5, 0.6) is 0 Å². The van der Waals surface area contributed by atoms with E-state index in [1.165, 1.54) is 16.3 Å². The topological polar surface area (TPSA) is 75.4 Å². The lowest BCUT2D eigenvalue weighted by molar-refractivity contribution is -0.134. The molecule has 1 aromatic carbocycles. The standard InChI is InChI=1S/C21H25N3O3/c1-15-7-10-19(26)23(22-15)13-20(27)24-17-8-9-18(24)21(12-17,14-25)11-16-5-3-2-4-6-16/h2-7,10,17-18,25H,8-9,11-14H2,1H3/t17-,18+,21-/m1/s1. The third-order valence-electron chi connectivity index (χ3n) is 6.14. The Morgan fingerprint density at radius 1 is 1.22 bits per heavy atom. The Balaban J connectivity index is 1.57. The van der Waals surface area contributed by atoms with Crippen LogP contribution in [0.15, 0.2) is 47.3 Å². The molecule has 2 saturated heterocycles. The van der Waals surface area contributed by atoms with Gasteiger partial charge in [-0.25, -0.2) is 4.68 Å². The van der Waals surface area contributed by atoms with Crippen LogP contribution in [0.2, 0.25) is 0 Å². The SMILES string of the molecule is Cc1ccc(=O)n(CC(=O)N2[C@@H]3CC[C@H]2[C@](CO)(Cc2ccccc2)C3)n1. The molecule has 0 spiro atoms. The van der Waals surface area contributed by atoms with Crippen LogP contribution in [-0.4, -0.2) is 44.4 Å². The number of amides is 1. The Morgan fingerprint density at radius 2 is 2.00 bits per heavy atom. The minimum atomic E-state index is -0.301. The van der Waals surface area contributed by atoms with Crippen molar-refractivity contribution >= 4 is 5.91 Å². The van der Waals surface area contributed by atoms with Crippen LogP contribution in [0.4, 0.5) is 0 Å². The molecule has 27 heavy (non-hydrogen) atoms. The second-order valence-electron chi connectivity index (χ2n) is 7.91. The number of hydrogen-bond donors (Lipinski definition) is 1. The molecule has 3 atom stereocenters. The first-order valence-corrected chi connectivity index (χ1v) is 9.53. The summed E-state index contributed by atoms with van der Waals surface area (Å²) in [6, 6.07) is 13.4. The van der Waals surface area contributed by atoms with Gasteiger partial charge in [-0.05, 0) is 44.2 Å². The summed E-state index contributed by atoms with van der Waals surface area (Å²) in [4.78, 5) is 27.0. The van der Waals surface area contributed by atoms with Gasteiger partial charge in [-0.15, -0.1) is 0 Å².